The molecule has 0 bridgehead atoms. The number of nitrogens with zero attached hydrogens (tertiary/aromatic N) is 1. The van der Waals surface area contributed by atoms with Gasteiger partial charge in [-0.25, -0.2) is 0 Å². The summed E-state index contributed by atoms with van der Waals surface area (Å²) in [6, 6.07) is 1.97. The molecule has 1 heterocycles. The Morgan fingerprint density at radius 1 is 1.54 bits per heavy atom. The minimum atomic E-state index is 0.619. The smallest absolute Gasteiger partial charge is 0.145 e. The first-order valence-corrected chi connectivity index (χ1v) is 5.06. The Morgan fingerprint density at radius 2 is 2.38 bits per heavy atom. The van der Waals surface area contributed by atoms with Gasteiger partial charge in [0.2, 0.25) is 0 Å². The van der Waals surface area contributed by atoms with Crippen molar-refractivity contribution in [3.8, 4) is 0 Å². The van der Waals surface area contributed by atoms with Crippen LogP contribution in [0.1, 0.15) is 44.2 Å². The molecule has 2 unspecified atom stereocenters. The third-order valence-electron chi connectivity index (χ3n) is 2.99. The second-order valence-electron chi connectivity index (χ2n) is 4.22. The lowest BCUT2D eigenvalue weighted by atomic mass is 9.81. The van der Waals surface area contributed by atoms with E-state index in [2.05, 4.69) is 17.1 Å². The highest BCUT2D eigenvalue weighted by molar-refractivity contribution is 5.30. The molecule has 1 aliphatic carbocycles. The minimum Gasteiger partial charge on any atom is -0.382 e. The van der Waals surface area contributed by atoms with E-state index in [9.17, 15) is 0 Å². The number of nitrogen functional groups attached to an aromatic ring is 1. The molecule has 0 amide bonds. The zero-order valence-corrected chi connectivity index (χ0v) is 8.09. The SMILES string of the molecule is CC1CCCC(c2cc(N)n[nH]2)C1. The Balaban J connectivity index is 2.08. The minimum absolute atomic E-state index is 0.619. The Morgan fingerprint density at radius 3 is 3.00 bits per heavy atom. The lowest BCUT2D eigenvalue weighted by molar-refractivity contribution is 0.340. The van der Waals surface area contributed by atoms with Gasteiger partial charge in [-0.1, -0.05) is 19.8 Å². The number of aromatic amines is 1. The number of aromatic nitrogens is 2. The van der Waals surface area contributed by atoms with Gasteiger partial charge in [-0.15, -0.1) is 0 Å². The van der Waals surface area contributed by atoms with Crippen molar-refractivity contribution in [1.29, 1.82) is 0 Å². The van der Waals surface area contributed by atoms with Crippen molar-refractivity contribution < 1.29 is 0 Å². The van der Waals surface area contributed by atoms with Crippen molar-refractivity contribution in [2.24, 2.45) is 5.92 Å². The predicted octanol–water partition coefficient (Wildman–Crippen LogP) is 2.29. The molecule has 2 atom stereocenters. The van der Waals surface area contributed by atoms with Gasteiger partial charge in [-0.05, 0) is 18.8 Å². The first kappa shape index (κ1) is 8.60. The quantitative estimate of drug-likeness (QED) is 0.695. The topological polar surface area (TPSA) is 54.7 Å². The highest BCUT2D eigenvalue weighted by Gasteiger charge is 2.21. The molecular formula is C10H17N3. The van der Waals surface area contributed by atoms with Gasteiger partial charge < -0.3 is 5.73 Å². The molecule has 13 heavy (non-hydrogen) atoms. The first-order valence-electron chi connectivity index (χ1n) is 5.06. The van der Waals surface area contributed by atoms with Gasteiger partial charge in [0.25, 0.3) is 0 Å². The summed E-state index contributed by atoms with van der Waals surface area (Å²) in [6.45, 7) is 2.33. The van der Waals surface area contributed by atoms with Crippen LogP contribution in [0.15, 0.2) is 6.07 Å². The molecule has 0 radical (unpaired) electrons. The highest BCUT2D eigenvalue weighted by Crippen LogP contribution is 2.35. The fourth-order valence-corrected chi connectivity index (χ4v) is 2.28. The van der Waals surface area contributed by atoms with E-state index in [0.29, 0.717) is 11.7 Å². The lowest BCUT2D eigenvalue weighted by Gasteiger charge is -2.25. The monoisotopic (exact) mass is 179 g/mol. The second-order valence-corrected chi connectivity index (χ2v) is 4.22. The van der Waals surface area contributed by atoms with Crippen molar-refractivity contribution in [2.75, 3.05) is 5.73 Å². The maximum absolute atomic E-state index is 5.58. The number of nitrogens with one attached hydrogen (secondary N) is 1. The summed E-state index contributed by atoms with van der Waals surface area (Å²) in [5.74, 6) is 2.13. The molecule has 1 aromatic heterocycles. The van der Waals surface area contributed by atoms with E-state index in [4.69, 9.17) is 5.73 Å². The van der Waals surface area contributed by atoms with Crippen molar-refractivity contribution in [3.63, 3.8) is 0 Å². The van der Waals surface area contributed by atoms with E-state index in [1.165, 1.54) is 31.4 Å². The zero-order chi connectivity index (χ0) is 9.26. The second kappa shape index (κ2) is 3.40. The number of rotatable bonds is 1. The molecule has 1 aliphatic rings. The molecule has 1 aromatic rings. The molecule has 3 nitrogen and oxygen atoms in total. The van der Waals surface area contributed by atoms with Gasteiger partial charge in [0, 0.05) is 17.7 Å². The van der Waals surface area contributed by atoms with Crippen LogP contribution in [0.25, 0.3) is 0 Å². The molecular weight excluding hydrogens is 162 g/mol. The van der Waals surface area contributed by atoms with E-state index in [-0.39, 0.29) is 0 Å². The fraction of sp³-hybridized carbons (Fsp3) is 0.700. The molecule has 2 rings (SSSR count). The van der Waals surface area contributed by atoms with Crippen LogP contribution in [0.2, 0.25) is 0 Å². The van der Waals surface area contributed by atoms with Crippen LogP contribution in [-0.4, -0.2) is 10.2 Å². The summed E-state index contributed by atoms with van der Waals surface area (Å²) < 4.78 is 0. The Kier molecular flexibility index (Phi) is 2.25. The van der Waals surface area contributed by atoms with Crippen LogP contribution in [0.3, 0.4) is 0 Å². The molecule has 1 fully saturated rings. The lowest BCUT2D eigenvalue weighted by Crippen LogP contribution is -2.11. The Bertz CT molecular complexity index is 279. The normalized spacial score (nSPS) is 29.0. The van der Waals surface area contributed by atoms with Crippen molar-refractivity contribution >= 4 is 5.82 Å². The predicted molar refractivity (Wildman–Crippen MR) is 53.4 cm³/mol. The van der Waals surface area contributed by atoms with Gasteiger partial charge in [0.05, 0.1) is 0 Å². The Labute approximate surface area is 78.7 Å². The van der Waals surface area contributed by atoms with Crippen molar-refractivity contribution in [3.05, 3.63) is 11.8 Å². The Hall–Kier alpha value is -0.990. The molecule has 0 spiro atoms. The molecule has 0 saturated heterocycles. The summed E-state index contributed by atoms with van der Waals surface area (Å²) in [5.41, 5.74) is 6.80. The van der Waals surface area contributed by atoms with Crippen LogP contribution in [0.5, 0.6) is 0 Å². The molecule has 3 heteroatoms. The number of nitrogens with two attached hydrogens (primary N) is 1. The van der Waals surface area contributed by atoms with Gasteiger partial charge >= 0.3 is 0 Å². The van der Waals surface area contributed by atoms with E-state index < -0.39 is 0 Å². The van der Waals surface area contributed by atoms with Gasteiger partial charge in [-0.3, -0.25) is 5.10 Å². The molecule has 0 aromatic carbocycles. The number of anilines is 1. The van der Waals surface area contributed by atoms with E-state index >= 15 is 0 Å². The highest BCUT2D eigenvalue weighted by atomic mass is 15.2. The first-order chi connectivity index (χ1) is 6.25. The average molecular weight is 179 g/mol. The van der Waals surface area contributed by atoms with Gasteiger partial charge in [-0.2, -0.15) is 5.10 Å². The van der Waals surface area contributed by atoms with Crippen LogP contribution >= 0.6 is 0 Å². The van der Waals surface area contributed by atoms with E-state index in [1.54, 1.807) is 0 Å². The van der Waals surface area contributed by atoms with Gasteiger partial charge in [0.15, 0.2) is 0 Å². The third kappa shape index (κ3) is 1.85. The van der Waals surface area contributed by atoms with E-state index in [1.807, 2.05) is 6.07 Å². The van der Waals surface area contributed by atoms with E-state index in [0.717, 1.165) is 5.92 Å². The van der Waals surface area contributed by atoms with Gasteiger partial charge in [0.1, 0.15) is 5.82 Å². The third-order valence-corrected chi connectivity index (χ3v) is 2.99. The fourth-order valence-electron chi connectivity index (χ4n) is 2.28. The average Bonchev–Trinajstić information content (AvgIpc) is 2.52. The molecule has 1 saturated carbocycles. The molecule has 72 valence electrons. The summed E-state index contributed by atoms with van der Waals surface area (Å²) >= 11 is 0. The number of hydrogen-bond donors (Lipinski definition) is 2. The van der Waals surface area contributed by atoms with Crippen molar-refractivity contribution in [1.82, 2.24) is 10.2 Å². The summed E-state index contributed by atoms with van der Waals surface area (Å²) in [6.07, 6.45) is 5.28. The zero-order valence-electron chi connectivity index (χ0n) is 8.09. The van der Waals surface area contributed by atoms with Crippen LogP contribution in [-0.2, 0) is 0 Å². The largest absolute Gasteiger partial charge is 0.382 e. The standard InChI is InChI=1S/C10H17N3/c1-7-3-2-4-8(5-7)9-6-10(11)13-12-9/h6-8H,2-5H2,1H3,(H3,11,12,13). The van der Waals surface area contributed by atoms with Crippen molar-refractivity contribution in [2.45, 2.75) is 38.5 Å². The molecule has 0 aliphatic heterocycles. The molecule has 3 N–H and O–H groups in total. The van der Waals surface area contributed by atoms with Crippen LogP contribution in [0.4, 0.5) is 5.82 Å². The maximum Gasteiger partial charge on any atom is 0.145 e. The number of hydrogen-bond acceptors (Lipinski definition) is 2. The summed E-state index contributed by atoms with van der Waals surface area (Å²) in [5, 5.41) is 6.99. The maximum atomic E-state index is 5.58. The summed E-state index contributed by atoms with van der Waals surface area (Å²) in [4.78, 5) is 0. The summed E-state index contributed by atoms with van der Waals surface area (Å²) in [7, 11) is 0. The van der Waals surface area contributed by atoms with Crippen LogP contribution in [0, 0.1) is 5.92 Å². The number of H-pyrrole nitrogens is 1. The van der Waals surface area contributed by atoms with Crippen LogP contribution < -0.4 is 5.73 Å².